The first kappa shape index (κ1) is 16.1. The number of pyridine rings is 1. The van der Waals surface area contributed by atoms with E-state index in [4.69, 9.17) is 11.6 Å². The number of anilines is 1. The Labute approximate surface area is 144 Å². The zero-order valence-electron chi connectivity index (χ0n) is 12.7. The summed E-state index contributed by atoms with van der Waals surface area (Å²) in [5.41, 5.74) is 2.16. The molecule has 1 N–H and O–H groups in total. The molecule has 0 spiro atoms. The zero-order chi connectivity index (χ0) is 16.9. The summed E-state index contributed by atoms with van der Waals surface area (Å²) in [5, 5.41) is 3.59. The van der Waals surface area contributed by atoms with Crippen molar-refractivity contribution in [3.8, 4) is 11.3 Å². The molecule has 0 saturated heterocycles. The van der Waals surface area contributed by atoms with Gasteiger partial charge >= 0.3 is 0 Å². The number of nitrogens with one attached hydrogen (secondary N) is 1. The van der Waals surface area contributed by atoms with E-state index in [0.29, 0.717) is 39.8 Å². The molecule has 0 aliphatic carbocycles. The molecule has 3 aromatic rings. The molecule has 5 heteroatoms. The number of halogens is 2. The van der Waals surface area contributed by atoms with Crippen molar-refractivity contribution in [1.29, 1.82) is 0 Å². The highest BCUT2D eigenvalue weighted by Gasteiger charge is 2.11. The van der Waals surface area contributed by atoms with Crippen LogP contribution in [-0.2, 0) is 6.54 Å². The van der Waals surface area contributed by atoms with E-state index >= 15 is 0 Å². The van der Waals surface area contributed by atoms with Crippen molar-refractivity contribution in [2.45, 2.75) is 6.54 Å². The summed E-state index contributed by atoms with van der Waals surface area (Å²) in [4.78, 5) is 15.8. The Morgan fingerprint density at radius 1 is 1.04 bits per heavy atom. The summed E-state index contributed by atoms with van der Waals surface area (Å²) >= 11 is 6.21. The number of aldehydes is 1. The molecule has 0 amide bonds. The summed E-state index contributed by atoms with van der Waals surface area (Å²) in [6, 6.07) is 17.1. The second-order valence-electron chi connectivity index (χ2n) is 5.18. The summed E-state index contributed by atoms with van der Waals surface area (Å²) in [5.74, 6) is 0.264. The smallest absolute Gasteiger partial charge is 0.152 e. The fourth-order valence-corrected chi connectivity index (χ4v) is 2.59. The second kappa shape index (κ2) is 7.23. The molecular weight excluding hydrogens is 327 g/mol. The molecule has 0 atom stereocenters. The number of aromatic nitrogens is 1. The highest BCUT2D eigenvalue weighted by molar-refractivity contribution is 6.33. The number of rotatable bonds is 5. The van der Waals surface area contributed by atoms with Crippen molar-refractivity contribution in [3.05, 3.63) is 82.6 Å². The summed E-state index contributed by atoms with van der Waals surface area (Å²) in [6.45, 7) is 0.294. The maximum absolute atomic E-state index is 13.7. The first-order chi connectivity index (χ1) is 11.7. The second-order valence-corrected chi connectivity index (χ2v) is 5.58. The van der Waals surface area contributed by atoms with Crippen molar-refractivity contribution < 1.29 is 9.18 Å². The van der Waals surface area contributed by atoms with Gasteiger partial charge in [0.05, 0.1) is 5.69 Å². The lowest BCUT2D eigenvalue weighted by atomic mass is 10.1. The van der Waals surface area contributed by atoms with Gasteiger partial charge in [0.15, 0.2) is 6.29 Å². The number of hydrogen-bond acceptors (Lipinski definition) is 3. The van der Waals surface area contributed by atoms with Gasteiger partial charge in [-0.1, -0.05) is 48.0 Å². The molecule has 0 aliphatic heterocycles. The number of nitrogens with zero attached hydrogens (tertiary/aromatic N) is 1. The molecule has 0 fully saturated rings. The normalized spacial score (nSPS) is 10.4. The van der Waals surface area contributed by atoms with Crippen molar-refractivity contribution in [3.63, 3.8) is 0 Å². The van der Waals surface area contributed by atoms with Crippen molar-refractivity contribution >= 4 is 23.7 Å². The van der Waals surface area contributed by atoms with Crippen LogP contribution in [0, 0.1) is 5.82 Å². The third kappa shape index (κ3) is 3.44. The maximum atomic E-state index is 13.7. The molecule has 1 aromatic heterocycles. The van der Waals surface area contributed by atoms with Crippen LogP contribution in [0.1, 0.15) is 15.9 Å². The molecule has 1 heterocycles. The third-order valence-corrected chi connectivity index (χ3v) is 3.93. The van der Waals surface area contributed by atoms with E-state index in [1.54, 1.807) is 42.5 Å². The fourth-order valence-electron chi connectivity index (χ4n) is 2.36. The van der Waals surface area contributed by atoms with E-state index in [-0.39, 0.29) is 5.82 Å². The lowest BCUT2D eigenvalue weighted by Crippen LogP contribution is -2.05. The van der Waals surface area contributed by atoms with Gasteiger partial charge in [0.2, 0.25) is 0 Å². The molecule has 0 saturated carbocycles. The maximum Gasteiger partial charge on any atom is 0.152 e. The number of carbonyl (C=O) groups is 1. The van der Waals surface area contributed by atoms with E-state index in [1.165, 1.54) is 6.07 Å². The third-order valence-electron chi connectivity index (χ3n) is 3.60. The van der Waals surface area contributed by atoms with Crippen LogP contribution in [0.25, 0.3) is 11.3 Å². The van der Waals surface area contributed by atoms with Crippen LogP contribution in [0.2, 0.25) is 5.02 Å². The van der Waals surface area contributed by atoms with E-state index < -0.39 is 0 Å². The molecule has 0 aliphatic rings. The fraction of sp³-hybridized carbons (Fsp3) is 0.0526. The number of benzene rings is 2. The summed E-state index contributed by atoms with van der Waals surface area (Å²) in [7, 11) is 0. The van der Waals surface area contributed by atoms with Gasteiger partial charge in [0.25, 0.3) is 0 Å². The highest BCUT2D eigenvalue weighted by Crippen LogP contribution is 2.29. The molecule has 3 nitrogen and oxygen atoms in total. The Kier molecular flexibility index (Phi) is 4.87. The monoisotopic (exact) mass is 340 g/mol. The predicted octanol–water partition coefficient (Wildman–Crippen LogP) is 4.97. The van der Waals surface area contributed by atoms with Gasteiger partial charge in [-0.05, 0) is 24.3 Å². The summed E-state index contributed by atoms with van der Waals surface area (Å²) in [6.07, 6.45) is 0.742. The highest BCUT2D eigenvalue weighted by atomic mass is 35.5. The van der Waals surface area contributed by atoms with Gasteiger partial charge in [-0.2, -0.15) is 0 Å². The Morgan fingerprint density at radius 3 is 2.54 bits per heavy atom. The van der Waals surface area contributed by atoms with Gasteiger partial charge in [0, 0.05) is 28.3 Å². The Morgan fingerprint density at radius 2 is 1.79 bits per heavy atom. The lowest BCUT2D eigenvalue weighted by molar-refractivity contribution is 0.112. The molecular formula is C19H14ClFN2O. The minimum Gasteiger partial charge on any atom is -0.366 e. The van der Waals surface area contributed by atoms with Gasteiger partial charge < -0.3 is 5.32 Å². The average molecular weight is 341 g/mol. The molecule has 3 rings (SSSR count). The molecule has 0 bridgehead atoms. The Hall–Kier alpha value is -2.72. The minimum atomic E-state index is -0.277. The van der Waals surface area contributed by atoms with Gasteiger partial charge in [-0.15, -0.1) is 0 Å². The van der Waals surface area contributed by atoms with Crippen molar-refractivity contribution in [2.75, 3.05) is 5.32 Å². The molecule has 120 valence electrons. The van der Waals surface area contributed by atoms with Crippen LogP contribution in [0.5, 0.6) is 0 Å². The van der Waals surface area contributed by atoms with Crippen LogP contribution in [0.15, 0.2) is 60.7 Å². The summed E-state index contributed by atoms with van der Waals surface area (Å²) < 4.78 is 13.7. The van der Waals surface area contributed by atoms with Crippen LogP contribution in [-0.4, -0.2) is 11.3 Å². The number of hydrogen-bond donors (Lipinski definition) is 1. The van der Waals surface area contributed by atoms with Crippen LogP contribution in [0.4, 0.5) is 10.2 Å². The van der Waals surface area contributed by atoms with Gasteiger partial charge in [-0.25, -0.2) is 9.37 Å². The van der Waals surface area contributed by atoms with E-state index in [0.717, 1.165) is 6.29 Å². The minimum absolute atomic E-state index is 0.277. The van der Waals surface area contributed by atoms with Crippen LogP contribution in [0.3, 0.4) is 0 Å². The molecule has 2 aromatic carbocycles. The van der Waals surface area contributed by atoms with Crippen molar-refractivity contribution in [2.24, 2.45) is 0 Å². The first-order valence-corrected chi connectivity index (χ1v) is 7.75. The number of carbonyl (C=O) groups excluding carboxylic acids is 1. The molecule has 0 unspecified atom stereocenters. The van der Waals surface area contributed by atoms with E-state index in [1.807, 2.05) is 12.1 Å². The van der Waals surface area contributed by atoms with E-state index in [9.17, 15) is 9.18 Å². The molecule has 0 radical (unpaired) electrons. The first-order valence-electron chi connectivity index (χ1n) is 7.37. The zero-order valence-corrected chi connectivity index (χ0v) is 13.4. The van der Waals surface area contributed by atoms with Gasteiger partial charge in [0.1, 0.15) is 11.6 Å². The molecule has 24 heavy (non-hydrogen) atoms. The van der Waals surface area contributed by atoms with E-state index in [2.05, 4.69) is 10.3 Å². The average Bonchev–Trinajstić information content (AvgIpc) is 2.61. The predicted molar refractivity (Wildman–Crippen MR) is 93.8 cm³/mol. The van der Waals surface area contributed by atoms with Crippen LogP contribution >= 0.6 is 11.6 Å². The van der Waals surface area contributed by atoms with Gasteiger partial charge in [-0.3, -0.25) is 4.79 Å². The Balaban J connectivity index is 1.91. The standard InChI is InChI=1S/C19H14ClFN2O/c20-16-7-3-2-6-15(16)19-14(12-24)9-10-18(23-19)22-11-13-5-1-4-8-17(13)21/h1-10,12H,11H2,(H,22,23). The topological polar surface area (TPSA) is 42.0 Å². The lowest BCUT2D eigenvalue weighted by Gasteiger charge is -2.11. The van der Waals surface area contributed by atoms with Crippen LogP contribution < -0.4 is 5.32 Å². The Bertz CT molecular complexity index is 883. The van der Waals surface area contributed by atoms with Crippen molar-refractivity contribution in [1.82, 2.24) is 4.98 Å². The SMILES string of the molecule is O=Cc1ccc(NCc2ccccc2F)nc1-c1ccccc1Cl. The largest absolute Gasteiger partial charge is 0.366 e. The quantitative estimate of drug-likeness (QED) is 0.667.